The summed E-state index contributed by atoms with van der Waals surface area (Å²) in [4.78, 5) is 13.1. The van der Waals surface area contributed by atoms with Crippen LogP contribution in [0.2, 0.25) is 0 Å². The van der Waals surface area contributed by atoms with Crippen molar-refractivity contribution in [3.05, 3.63) is 46.6 Å². The lowest BCUT2D eigenvalue weighted by molar-refractivity contribution is -0.318. The summed E-state index contributed by atoms with van der Waals surface area (Å²) < 4.78 is 27.8. The molecule has 2 aliphatic heterocycles. The van der Waals surface area contributed by atoms with Crippen molar-refractivity contribution >= 4 is 11.0 Å². The fourth-order valence-electron chi connectivity index (χ4n) is 4.77. The number of fused-ring (bicyclic) bond motifs is 1. The van der Waals surface area contributed by atoms with Crippen LogP contribution in [0.25, 0.3) is 22.3 Å². The molecule has 0 saturated carbocycles. The zero-order valence-corrected chi connectivity index (χ0v) is 21.9. The molecule has 2 aromatic carbocycles. The molecular formula is C27H30O15. The van der Waals surface area contributed by atoms with Crippen molar-refractivity contribution in [1.82, 2.24) is 0 Å². The summed E-state index contributed by atoms with van der Waals surface area (Å²) in [7, 11) is 0. The quantitative estimate of drug-likeness (QED) is 0.149. The number of aliphatic hydroxyl groups is 6. The maximum atomic E-state index is 13.1. The lowest BCUT2D eigenvalue weighted by atomic mass is 9.98. The van der Waals surface area contributed by atoms with Gasteiger partial charge in [0.25, 0.3) is 0 Å². The van der Waals surface area contributed by atoms with Crippen LogP contribution < -0.4 is 10.2 Å². The molecule has 9 N–H and O–H groups in total. The van der Waals surface area contributed by atoms with E-state index >= 15 is 0 Å². The molecule has 42 heavy (non-hydrogen) atoms. The molecule has 228 valence electrons. The van der Waals surface area contributed by atoms with Gasteiger partial charge in [-0.25, -0.2) is 0 Å². The van der Waals surface area contributed by atoms with Gasteiger partial charge < -0.3 is 69.3 Å². The van der Waals surface area contributed by atoms with Gasteiger partial charge in [-0.2, -0.15) is 0 Å². The SMILES string of the molecule is C[C@@H]1O[C@@H](OC[C@H]2O[C@@H](Oc3cc(O)cc4oc(-c5ccc(O)c(O)c5)cc(=O)c34)[C@H](O)[C@@H](O)[C@@H]2O)[C@H](O)[C@H](O)[C@H]1O. The van der Waals surface area contributed by atoms with Gasteiger partial charge in [-0.05, 0) is 25.1 Å². The smallest absolute Gasteiger partial charge is 0.229 e. The first kappa shape index (κ1) is 30.0. The Kier molecular flexibility index (Phi) is 8.30. The molecule has 15 heteroatoms. The number of hydrogen-bond acceptors (Lipinski definition) is 15. The lowest BCUT2D eigenvalue weighted by Crippen LogP contribution is -2.61. The summed E-state index contributed by atoms with van der Waals surface area (Å²) in [5.74, 6) is -1.56. The summed E-state index contributed by atoms with van der Waals surface area (Å²) in [5, 5.41) is 91.0. The van der Waals surface area contributed by atoms with Gasteiger partial charge >= 0.3 is 0 Å². The van der Waals surface area contributed by atoms with E-state index in [1.807, 2.05) is 0 Å². The molecule has 0 amide bonds. The highest BCUT2D eigenvalue weighted by Crippen LogP contribution is 2.36. The number of benzene rings is 2. The number of phenolic OH excluding ortho intramolecular Hbond substituents is 3. The van der Waals surface area contributed by atoms with Crippen LogP contribution in [0.4, 0.5) is 0 Å². The van der Waals surface area contributed by atoms with Crippen LogP contribution >= 0.6 is 0 Å². The van der Waals surface area contributed by atoms with Crippen LogP contribution in [0.15, 0.2) is 45.6 Å². The van der Waals surface area contributed by atoms with E-state index in [0.29, 0.717) is 0 Å². The molecule has 3 heterocycles. The second-order valence-corrected chi connectivity index (χ2v) is 10.1. The van der Waals surface area contributed by atoms with Crippen LogP contribution in [0.5, 0.6) is 23.0 Å². The van der Waals surface area contributed by atoms with E-state index in [1.54, 1.807) is 0 Å². The highest BCUT2D eigenvalue weighted by atomic mass is 16.7. The average molecular weight is 595 g/mol. The second-order valence-electron chi connectivity index (χ2n) is 10.1. The number of aliphatic hydroxyl groups excluding tert-OH is 6. The Balaban J connectivity index is 1.39. The minimum absolute atomic E-state index is 0.0110. The van der Waals surface area contributed by atoms with E-state index in [1.165, 1.54) is 25.1 Å². The van der Waals surface area contributed by atoms with Crippen molar-refractivity contribution in [2.75, 3.05) is 6.61 Å². The monoisotopic (exact) mass is 594 g/mol. The topological polar surface area (TPSA) is 249 Å². The Morgan fingerprint density at radius 1 is 0.762 bits per heavy atom. The van der Waals surface area contributed by atoms with Crippen molar-refractivity contribution in [2.24, 2.45) is 0 Å². The zero-order chi connectivity index (χ0) is 30.5. The molecule has 0 unspecified atom stereocenters. The molecule has 15 nitrogen and oxygen atoms in total. The average Bonchev–Trinajstić information content (AvgIpc) is 2.94. The minimum atomic E-state index is -1.84. The van der Waals surface area contributed by atoms with Crippen molar-refractivity contribution in [1.29, 1.82) is 0 Å². The van der Waals surface area contributed by atoms with E-state index in [0.717, 1.165) is 18.2 Å². The molecule has 1 aromatic heterocycles. The van der Waals surface area contributed by atoms with Gasteiger partial charge in [0.15, 0.2) is 23.2 Å². The molecule has 2 fully saturated rings. The predicted octanol–water partition coefficient (Wildman–Crippen LogP) is -1.39. The molecular weight excluding hydrogens is 564 g/mol. The number of ether oxygens (including phenoxy) is 4. The van der Waals surface area contributed by atoms with Gasteiger partial charge in [0.05, 0.1) is 12.7 Å². The van der Waals surface area contributed by atoms with Crippen molar-refractivity contribution in [2.45, 2.75) is 68.3 Å². The standard InChI is InChI=1S/C27H30O15/c1-9-20(32)22(34)24(36)26(39-9)38-8-18-21(33)23(35)25(37)27(42-18)41-17-6-11(28)5-16-19(17)14(31)7-15(40-16)10-2-3-12(29)13(30)4-10/h2-7,9,18,20-30,32-37H,8H2,1H3/t9-,18+,20-,21+,22+,23-,24+,25+,26+,27+/m0/s1. The Morgan fingerprint density at radius 3 is 2.17 bits per heavy atom. The van der Waals surface area contributed by atoms with Crippen LogP contribution in [-0.2, 0) is 14.2 Å². The van der Waals surface area contributed by atoms with Crippen LogP contribution in [0.1, 0.15) is 6.92 Å². The highest BCUT2D eigenvalue weighted by molar-refractivity contribution is 5.86. The van der Waals surface area contributed by atoms with Gasteiger partial charge in [0.1, 0.15) is 71.0 Å². The molecule has 0 aliphatic carbocycles. The number of hydrogen-bond donors (Lipinski definition) is 9. The minimum Gasteiger partial charge on any atom is -0.508 e. The predicted molar refractivity (Wildman–Crippen MR) is 139 cm³/mol. The Bertz CT molecular complexity index is 1490. The van der Waals surface area contributed by atoms with E-state index in [4.69, 9.17) is 23.4 Å². The molecule has 0 spiro atoms. The van der Waals surface area contributed by atoms with Crippen molar-refractivity contribution < 1.29 is 69.3 Å². The fraction of sp³-hybridized carbons (Fsp3) is 0.444. The first-order chi connectivity index (χ1) is 19.8. The van der Waals surface area contributed by atoms with Crippen molar-refractivity contribution in [3.63, 3.8) is 0 Å². The first-order valence-electron chi connectivity index (χ1n) is 12.9. The van der Waals surface area contributed by atoms with E-state index < -0.39 is 84.9 Å². The molecule has 0 radical (unpaired) electrons. The maximum Gasteiger partial charge on any atom is 0.229 e. The summed E-state index contributed by atoms with van der Waals surface area (Å²) in [6, 6.07) is 7.00. The third-order valence-corrected chi connectivity index (χ3v) is 7.18. The Labute approximate surface area is 236 Å². The van der Waals surface area contributed by atoms with Gasteiger partial charge in [-0.3, -0.25) is 4.79 Å². The van der Waals surface area contributed by atoms with Gasteiger partial charge in [0, 0.05) is 23.8 Å². The Hall–Kier alpha value is -3.51. The largest absolute Gasteiger partial charge is 0.508 e. The zero-order valence-electron chi connectivity index (χ0n) is 21.9. The normalized spacial score (nSPS) is 33.5. The fourth-order valence-corrected chi connectivity index (χ4v) is 4.77. The third-order valence-electron chi connectivity index (χ3n) is 7.18. The molecule has 5 rings (SSSR count). The van der Waals surface area contributed by atoms with Gasteiger partial charge in [-0.15, -0.1) is 0 Å². The van der Waals surface area contributed by atoms with Crippen molar-refractivity contribution in [3.8, 4) is 34.3 Å². The first-order valence-corrected chi connectivity index (χ1v) is 12.9. The Morgan fingerprint density at radius 2 is 1.45 bits per heavy atom. The summed E-state index contributed by atoms with van der Waals surface area (Å²) in [6.07, 6.45) is -15.4. The van der Waals surface area contributed by atoms with E-state index in [2.05, 4.69) is 0 Å². The van der Waals surface area contributed by atoms with Gasteiger partial charge in [0.2, 0.25) is 6.29 Å². The summed E-state index contributed by atoms with van der Waals surface area (Å²) in [5.41, 5.74) is -0.563. The lowest BCUT2D eigenvalue weighted by Gasteiger charge is -2.42. The van der Waals surface area contributed by atoms with Crippen LogP contribution in [0, 0.1) is 0 Å². The summed E-state index contributed by atoms with van der Waals surface area (Å²) >= 11 is 0. The van der Waals surface area contributed by atoms with Crippen LogP contribution in [0.3, 0.4) is 0 Å². The van der Waals surface area contributed by atoms with E-state index in [-0.39, 0.29) is 33.8 Å². The second kappa shape index (κ2) is 11.6. The molecule has 3 aromatic rings. The third kappa shape index (κ3) is 5.61. The number of phenols is 3. The molecule has 10 atom stereocenters. The number of aromatic hydroxyl groups is 3. The molecule has 0 bridgehead atoms. The van der Waals surface area contributed by atoms with Crippen LogP contribution in [-0.4, -0.2) is 114 Å². The molecule has 2 saturated heterocycles. The van der Waals surface area contributed by atoms with E-state index in [9.17, 15) is 50.8 Å². The number of rotatable bonds is 6. The maximum absolute atomic E-state index is 13.1. The molecule has 2 aliphatic rings. The highest BCUT2D eigenvalue weighted by Gasteiger charge is 2.47. The summed E-state index contributed by atoms with van der Waals surface area (Å²) in [6.45, 7) is 0.910. The van der Waals surface area contributed by atoms with Gasteiger partial charge in [-0.1, -0.05) is 0 Å².